The summed E-state index contributed by atoms with van der Waals surface area (Å²) < 4.78 is 33.7. The molecule has 3 aromatic rings. The van der Waals surface area contributed by atoms with Gasteiger partial charge < -0.3 is 10.1 Å². The van der Waals surface area contributed by atoms with E-state index in [9.17, 15) is 8.42 Å². The normalized spacial score (nSPS) is 10.9. The van der Waals surface area contributed by atoms with Crippen LogP contribution in [0, 0.1) is 13.8 Å². The van der Waals surface area contributed by atoms with Gasteiger partial charge in [0.1, 0.15) is 16.4 Å². The average Bonchev–Trinajstić information content (AvgIpc) is 2.61. The zero-order valence-corrected chi connectivity index (χ0v) is 16.8. The van der Waals surface area contributed by atoms with E-state index in [-0.39, 0.29) is 21.7 Å². The fraction of sp³-hybridized carbons (Fsp3) is 0.105. The van der Waals surface area contributed by atoms with Crippen LogP contribution in [-0.2, 0) is 10.0 Å². The molecule has 0 fully saturated rings. The van der Waals surface area contributed by atoms with Gasteiger partial charge in [0.2, 0.25) is 5.95 Å². The molecule has 0 amide bonds. The lowest BCUT2D eigenvalue weighted by Crippen LogP contribution is -2.34. The molecule has 0 saturated carbocycles. The number of aryl methyl sites for hydroxylation is 2. The van der Waals surface area contributed by atoms with Crippen molar-refractivity contribution in [2.45, 2.75) is 18.7 Å². The first-order valence-electron chi connectivity index (χ1n) is 8.31. The van der Waals surface area contributed by atoms with Crippen LogP contribution in [0.3, 0.4) is 0 Å². The van der Waals surface area contributed by atoms with Crippen molar-refractivity contribution in [3.63, 3.8) is 0 Å². The lowest BCUT2D eigenvalue weighted by Gasteiger charge is -2.14. The quantitative estimate of drug-likeness (QED) is 0.617. The maximum absolute atomic E-state index is 12.8. The maximum Gasteiger partial charge on any atom is 0.267 e. The van der Waals surface area contributed by atoms with Gasteiger partial charge in [-0.2, -0.15) is 0 Å². The fourth-order valence-electron chi connectivity index (χ4n) is 2.46. The summed E-state index contributed by atoms with van der Waals surface area (Å²) in [6.45, 7) is 3.62. The van der Waals surface area contributed by atoms with Crippen molar-refractivity contribution in [2.24, 2.45) is 0 Å². The molecule has 1 aromatic heterocycles. The Balaban J connectivity index is 1.80. The summed E-state index contributed by atoms with van der Waals surface area (Å²) in [6.07, 6.45) is 0. The second-order valence-electron chi connectivity index (χ2n) is 5.90. The van der Waals surface area contributed by atoms with Gasteiger partial charge in [-0.1, -0.05) is 30.3 Å². The standard InChI is InChI=1S/C19H18N4O3S2/c1-13-12-14(2)21-18(20-13)22-19(27)23-28(24,25)17-11-7-6-10-16(17)26-15-8-4-3-5-9-15/h3-12H,1-2H3,(H2,20,21,22,23,27). The minimum atomic E-state index is -3.98. The maximum atomic E-state index is 12.8. The number of hydrogen-bond donors (Lipinski definition) is 2. The third-order valence-corrected chi connectivity index (χ3v) is 5.27. The molecule has 0 bridgehead atoms. The molecule has 2 N–H and O–H groups in total. The van der Waals surface area contributed by atoms with E-state index >= 15 is 0 Å². The van der Waals surface area contributed by atoms with Crippen LogP contribution >= 0.6 is 12.2 Å². The highest BCUT2D eigenvalue weighted by Crippen LogP contribution is 2.28. The third kappa shape index (κ3) is 5.02. The topological polar surface area (TPSA) is 93.2 Å². The van der Waals surface area contributed by atoms with Crippen molar-refractivity contribution in [3.8, 4) is 11.5 Å². The first-order valence-corrected chi connectivity index (χ1v) is 10.2. The summed E-state index contributed by atoms with van der Waals surface area (Å²) in [6, 6.07) is 17.0. The molecule has 3 rings (SSSR count). The molecule has 0 aliphatic heterocycles. The Hall–Kier alpha value is -3.04. The van der Waals surface area contributed by atoms with Gasteiger partial charge >= 0.3 is 0 Å². The largest absolute Gasteiger partial charge is 0.456 e. The Morgan fingerprint density at radius 1 is 0.964 bits per heavy atom. The van der Waals surface area contributed by atoms with Crippen molar-refractivity contribution in [1.29, 1.82) is 0 Å². The number of hydrogen-bond acceptors (Lipinski definition) is 6. The number of thiocarbonyl (C=S) groups is 1. The highest BCUT2D eigenvalue weighted by Gasteiger charge is 2.21. The van der Waals surface area contributed by atoms with Crippen LogP contribution in [0.1, 0.15) is 11.4 Å². The monoisotopic (exact) mass is 414 g/mol. The number of benzene rings is 2. The lowest BCUT2D eigenvalue weighted by atomic mass is 10.3. The fourth-order valence-corrected chi connectivity index (χ4v) is 3.92. The lowest BCUT2D eigenvalue weighted by molar-refractivity contribution is 0.467. The summed E-state index contributed by atoms with van der Waals surface area (Å²) >= 11 is 5.12. The number of aromatic nitrogens is 2. The van der Waals surface area contributed by atoms with Crippen LogP contribution in [-0.4, -0.2) is 23.5 Å². The number of nitrogens with zero attached hydrogens (tertiary/aromatic N) is 2. The van der Waals surface area contributed by atoms with Gasteiger partial charge in [-0.05, 0) is 56.4 Å². The van der Waals surface area contributed by atoms with Crippen LogP contribution < -0.4 is 14.8 Å². The molecule has 0 spiro atoms. The predicted octanol–water partition coefficient (Wildman–Crippen LogP) is 3.56. The van der Waals surface area contributed by atoms with E-state index in [0.29, 0.717) is 5.75 Å². The van der Waals surface area contributed by atoms with Crippen molar-refractivity contribution in [2.75, 3.05) is 5.32 Å². The average molecular weight is 415 g/mol. The van der Waals surface area contributed by atoms with Gasteiger partial charge in [0.05, 0.1) is 0 Å². The Morgan fingerprint density at radius 2 is 1.57 bits per heavy atom. The molecule has 0 aliphatic carbocycles. The summed E-state index contributed by atoms with van der Waals surface area (Å²) in [5.74, 6) is 0.931. The van der Waals surface area contributed by atoms with E-state index in [1.54, 1.807) is 48.5 Å². The van der Waals surface area contributed by atoms with Crippen LogP contribution in [0.2, 0.25) is 0 Å². The summed E-state index contributed by atoms with van der Waals surface area (Å²) in [5, 5.41) is 2.56. The van der Waals surface area contributed by atoms with Gasteiger partial charge in [-0.15, -0.1) is 0 Å². The smallest absolute Gasteiger partial charge is 0.267 e. The minimum Gasteiger partial charge on any atom is -0.456 e. The molecular weight excluding hydrogens is 396 g/mol. The molecule has 0 atom stereocenters. The van der Waals surface area contributed by atoms with Crippen molar-refractivity contribution in [3.05, 3.63) is 72.1 Å². The van der Waals surface area contributed by atoms with Crippen molar-refractivity contribution in [1.82, 2.24) is 14.7 Å². The molecule has 2 aromatic carbocycles. The molecular formula is C19H18N4O3S2. The van der Waals surface area contributed by atoms with Gasteiger partial charge in [-0.25, -0.2) is 18.4 Å². The van der Waals surface area contributed by atoms with Crippen LogP contribution in [0.5, 0.6) is 11.5 Å². The van der Waals surface area contributed by atoms with Crippen LogP contribution in [0.15, 0.2) is 65.6 Å². The molecule has 1 heterocycles. The number of sulfonamides is 1. The molecule has 0 aliphatic rings. The molecule has 9 heteroatoms. The van der Waals surface area contributed by atoms with E-state index in [0.717, 1.165) is 11.4 Å². The zero-order chi connectivity index (χ0) is 20.1. The van der Waals surface area contributed by atoms with Gasteiger partial charge in [0, 0.05) is 11.4 Å². The number of para-hydroxylation sites is 2. The number of nitrogens with one attached hydrogen (secondary N) is 2. The molecule has 28 heavy (non-hydrogen) atoms. The molecule has 0 radical (unpaired) electrons. The second-order valence-corrected chi connectivity index (χ2v) is 7.95. The number of rotatable bonds is 5. The first kappa shape index (κ1) is 19.7. The Bertz CT molecular complexity index is 1080. The SMILES string of the molecule is Cc1cc(C)nc(NC(=S)NS(=O)(=O)c2ccccc2Oc2ccccc2)n1. The zero-order valence-electron chi connectivity index (χ0n) is 15.2. The molecule has 0 unspecified atom stereocenters. The van der Waals surface area contributed by atoms with Crippen molar-refractivity contribution >= 4 is 33.3 Å². The Labute approximate surface area is 168 Å². The van der Waals surface area contributed by atoms with Crippen LogP contribution in [0.4, 0.5) is 5.95 Å². The van der Waals surface area contributed by atoms with E-state index in [1.165, 1.54) is 6.07 Å². The predicted molar refractivity (Wildman–Crippen MR) is 111 cm³/mol. The number of anilines is 1. The highest BCUT2D eigenvalue weighted by molar-refractivity contribution is 7.92. The molecule has 7 nitrogen and oxygen atoms in total. The summed E-state index contributed by atoms with van der Waals surface area (Å²) in [5.41, 5.74) is 1.48. The summed E-state index contributed by atoms with van der Waals surface area (Å²) in [7, 11) is -3.98. The Kier molecular flexibility index (Phi) is 5.86. The highest BCUT2D eigenvalue weighted by atomic mass is 32.2. The summed E-state index contributed by atoms with van der Waals surface area (Å²) in [4.78, 5) is 8.32. The second kappa shape index (κ2) is 8.32. The van der Waals surface area contributed by atoms with E-state index in [1.807, 2.05) is 19.9 Å². The van der Waals surface area contributed by atoms with Crippen LogP contribution in [0.25, 0.3) is 0 Å². The van der Waals surface area contributed by atoms with Gasteiger partial charge in [-0.3, -0.25) is 4.72 Å². The van der Waals surface area contributed by atoms with E-state index in [2.05, 4.69) is 20.0 Å². The molecule has 0 saturated heterocycles. The number of ether oxygens (including phenoxy) is 1. The Morgan fingerprint density at radius 3 is 2.25 bits per heavy atom. The van der Waals surface area contributed by atoms with Gasteiger partial charge in [0.25, 0.3) is 10.0 Å². The third-order valence-electron chi connectivity index (χ3n) is 3.54. The van der Waals surface area contributed by atoms with E-state index in [4.69, 9.17) is 17.0 Å². The molecule has 144 valence electrons. The van der Waals surface area contributed by atoms with Gasteiger partial charge in [0.15, 0.2) is 5.11 Å². The first-order chi connectivity index (χ1) is 13.3. The minimum absolute atomic E-state index is 0.0376. The van der Waals surface area contributed by atoms with E-state index < -0.39 is 10.0 Å². The van der Waals surface area contributed by atoms with Crippen molar-refractivity contribution < 1.29 is 13.2 Å².